The van der Waals surface area contributed by atoms with Crippen LogP contribution in [-0.2, 0) is 11.8 Å². The minimum Gasteiger partial charge on any atom is -0.349 e. The van der Waals surface area contributed by atoms with Crippen molar-refractivity contribution in [1.29, 1.82) is 0 Å². The minimum atomic E-state index is 0.0386. The Balaban J connectivity index is 2.19. The van der Waals surface area contributed by atoms with Gasteiger partial charge in [0.15, 0.2) is 0 Å². The Morgan fingerprint density at radius 3 is 2.35 bits per heavy atom. The molecule has 108 valence electrons. The molecule has 20 heavy (non-hydrogen) atoms. The predicted octanol–water partition coefficient (Wildman–Crippen LogP) is 4.43. The fourth-order valence-electron chi connectivity index (χ4n) is 2.46. The van der Waals surface area contributed by atoms with Crippen molar-refractivity contribution < 1.29 is 0 Å². The van der Waals surface area contributed by atoms with Gasteiger partial charge in [-0.2, -0.15) is 0 Å². The number of rotatable bonds is 3. The monoisotopic (exact) mass is 270 g/mol. The number of nitrogens with zero attached hydrogens (tertiary/aromatic N) is 2. The highest BCUT2D eigenvalue weighted by molar-refractivity contribution is 5.25. The van der Waals surface area contributed by atoms with Gasteiger partial charge in [0.25, 0.3) is 0 Å². The van der Waals surface area contributed by atoms with Crippen LogP contribution in [0.5, 0.6) is 0 Å². The molecule has 1 aromatic rings. The van der Waals surface area contributed by atoms with Crippen molar-refractivity contribution in [2.75, 3.05) is 0 Å². The van der Waals surface area contributed by atoms with Gasteiger partial charge < -0.3 is 4.90 Å². The lowest BCUT2D eigenvalue weighted by Gasteiger charge is -2.36. The van der Waals surface area contributed by atoms with Crippen LogP contribution in [0.4, 0.5) is 0 Å². The summed E-state index contributed by atoms with van der Waals surface area (Å²) in [5, 5.41) is 0. The summed E-state index contributed by atoms with van der Waals surface area (Å²) >= 11 is 0. The lowest BCUT2D eigenvalue weighted by atomic mass is 9.86. The average Bonchev–Trinajstić information content (AvgIpc) is 2.38. The van der Waals surface area contributed by atoms with Crippen molar-refractivity contribution in [2.45, 2.75) is 58.4 Å². The van der Waals surface area contributed by atoms with Gasteiger partial charge in [-0.3, -0.25) is 4.98 Å². The van der Waals surface area contributed by atoms with Gasteiger partial charge in [-0.05, 0) is 43.4 Å². The predicted molar refractivity (Wildman–Crippen MR) is 85.5 cm³/mol. The molecule has 2 nitrogen and oxygen atoms in total. The molecule has 1 aromatic heterocycles. The first-order valence-electron chi connectivity index (χ1n) is 7.36. The highest BCUT2D eigenvalue weighted by Crippen LogP contribution is 2.26. The van der Waals surface area contributed by atoms with Gasteiger partial charge in [0, 0.05) is 36.3 Å². The molecule has 0 spiro atoms. The highest BCUT2D eigenvalue weighted by atomic mass is 15.2. The van der Waals surface area contributed by atoms with Gasteiger partial charge in [-0.1, -0.05) is 32.9 Å². The van der Waals surface area contributed by atoms with Gasteiger partial charge in [0.2, 0.25) is 0 Å². The van der Waals surface area contributed by atoms with Crippen LogP contribution in [0.1, 0.15) is 52.3 Å². The zero-order chi connectivity index (χ0) is 14.8. The van der Waals surface area contributed by atoms with E-state index in [1.165, 1.54) is 5.56 Å². The van der Waals surface area contributed by atoms with E-state index in [0.29, 0.717) is 0 Å². The molecule has 2 rings (SSSR count). The third kappa shape index (κ3) is 3.50. The van der Waals surface area contributed by atoms with E-state index in [1.54, 1.807) is 0 Å². The smallest absolute Gasteiger partial charge is 0.0438 e. The minimum absolute atomic E-state index is 0.0386. The molecule has 0 radical (unpaired) electrons. The maximum absolute atomic E-state index is 4.56. The molecule has 0 saturated heterocycles. The molecule has 0 aliphatic carbocycles. The number of hydrogen-bond acceptors (Lipinski definition) is 2. The van der Waals surface area contributed by atoms with Gasteiger partial charge in [0.1, 0.15) is 0 Å². The summed E-state index contributed by atoms with van der Waals surface area (Å²) in [5.41, 5.74) is 2.72. The van der Waals surface area contributed by atoms with Gasteiger partial charge in [0.05, 0.1) is 0 Å². The van der Waals surface area contributed by atoms with Crippen molar-refractivity contribution >= 4 is 0 Å². The number of allylic oxidation sites excluding steroid dienone is 2. The molecule has 1 aliphatic rings. The Bertz CT molecular complexity index is 506. The molecular weight excluding hydrogens is 244 g/mol. The molecular formula is C18H26N2. The van der Waals surface area contributed by atoms with E-state index < -0.39 is 0 Å². The van der Waals surface area contributed by atoms with Crippen LogP contribution in [0.3, 0.4) is 0 Å². The first-order chi connectivity index (χ1) is 9.29. The quantitative estimate of drug-likeness (QED) is 0.807. The fourth-order valence-corrected chi connectivity index (χ4v) is 2.46. The summed E-state index contributed by atoms with van der Waals surface area (Å²) in [5.74, 6) is 0. The molecule has 0 unspecified atom stereocenters. The third-order valence-electron chi connectivity index (χ3n) is 3.80. The average molecular weight is 270 g/mol. The molecule has 0 fully saturated rings. The van der Waals surface area contributed by atoms with E-state index in [0.717, 1.165) is 18.5 Å². The SMILES string of the molecule is CC(C)(C)c1ccnc(CC(C)(C)N2C=CCC=C2)c1. The molecule has 2 heteroatoms. The molecule has 0 amide bonds. The van der Waals surface area contributed by atoms with E-state index in [2.05, 4.69) is 81.2 Å². The molecule has 0 aromatic carbocycles. The molecule has 0 N–H and O–H groups in total. The lowest BCUT2D eigenvalue weighted by molar-refractivity contribution is 0.246. The maximum atomic E-state index is 4.56. The van der Waals surface area contributed by atoms with Crippen LogP contribution >= 0.6 is 0 Å². The van der Waals surface area contributed by atoms with Gasteiger partial charge in [-0.25, -0.2) is 0 Å². The Hall–Kier alpha value is -1.57. The number of hydrogen-bond donors (Lipinski definition) is 0. The van der Waals surface area contributed by atoms with E-state index in [4.69, 9.17) is 0 Å². The fraction of sp³-hybridized carbons (Fsp3) is 0.500. The first-order valence-corrected chi connectivity index (χ1v) is 7.36. The maximum Gasteiger partial charge on any atom is 0.0438 e. The second-order valence-electron chi connectivity index (χ2n) is 7.19. The molecule has 0 saturated carbocycles. The molecule has 0 bridgehead atoms. The van der Waals surface area contributed by atoms with Crippen LogP contribution in [0, 0.1) is 0 Å². The summed E-state index contributed by atoms with van der Waals surface area (Å²) in [6.07, 6.45) is 12.6. The summed E-state index contributed by atoms with van der Waals surface area (Å²) in [6.45, 7) is 11.3. The number of aromatic nitrogens is 1. The van der Waals surface area contributed by atoms with E-state index in [1.807, 2.05) is 6.20 Å². The Morgan fingerprint density at radius 1 is 1.10 bits per heavy atom. The van der Waals surface area contributed by atoms with Crippen LogP contribution in [0.2, 0.25) is 0 Å². The van der Waals surface area contributed by atoms with Crippen LogP contribution in [0.15, 0.2) is 42.9 Å². The summed E-state index contributed by atoms with van der Waals surface area (Å²) in [6, 6.07) is 4.37. The second-order valence-corrected chi connectivity index (χ2v) is 7.19. The van der Waals surface area contributed by atoms with Crippen LogP contribution < -0.4 is 0 Å². The van der Waals surface area contributed by atoms with Crippen LogP contribution in [0.25, 0.3) is 0 Å². The van der Waals surface area contributed by atoms with Crippen LogP contribution in [-0.4, -0.2) is 15.4 Å². The first kappa shape index (κ1) is 14.8. The number of pyridine rings is 1. The van der Waals surface area contributed by atoms with Crippen molar-refractivity contribution in [3.63, 3.8) is 0 Å². The Morgan fingerprint density at radius 2 is 1.75 bits per heavy atom. The van der Waals surface area contributed by atoms with E-state index in [9.17, 15) is 0 Å². The standard InChI is InChI=1S/C18H26N2/c1-17(2,3)15-9-10-19-16(13-15)14-18(4,5)20-11-7-6-8-12-20/h7-13H,6,14H2,1-5H3. The molecule has 1 aliphatic heterocycles. The van der Waals surface area contributed by atoms with Crippen molar-refractivity contribution in [3.8, 4) is 0 Å². The van der Waals surface area contributed by atoms with E-state index in [-0.39, 0.29) is 11.0 Å². The molecule has 2 heterocycles. The topological polar surface area (TPSA) is 16.1 Å². The normalized spacial score (nSPS) is 15.8. The Labute approximate surface area is 123 Å². The molecule has 0 atom stereocenters. The largest absolute Gasteiger partial charge is 0.349 e. The summed E-state index contributed by atoms with van der Waals surface area (Å²) in [4.78, 5) is 6.84. The highest BCUT2D eigenvalue weighted by Gasteiger charge is 2.25. The van der Waals surface area contributed by atoms with Gasteiger partial charge in [-0.15, -0.1) is 0 Å². The van der Waals surface area contributed by atoms with Crippen molar-refractivity contribution in [3.05, 3.63) is 54.1 Å². The second kappa shape index (κ2) is 5.43. The zero-order valence-electron chi connectivity index (χ0n) is 13.4. The van der Waals surface area contributed by atoms with Crippen molar-refractivity contribution in [2.24, 2.45) is 0 Å². The van der Waals surface area contributed by atoms with E-state index >= 15 is 0 Å². The third-order valence-corrected chi connectivity index (χ3v) is 3.80. The summed E-state index contributed by atoms with van der Waals surface area (Å²) < 4.78 is 0. The zero-order valence-corrected chi connectivity index (χ0v) is 13.4. The van der Waals surface area contributed by atoms with Crippen molar-refractivity contribution in [1.82, 2.24) is 9.88 Å². The Kier molecular flexibility index (Phi) is 4.03. The lowest BCUT2D eigenvalue weighted by Crippen LogP contribution is -2.39. The summed E-state index contributed by atoms with van der Waals surface area (Å²) in [7, 11) is 0. The van der Waals surface area contributed by atoms with Gasteiger partial charge >= 0.3 is 0 Å².